The summed E-state index contributed by atoms with van der Waals surface area (Å²) < 4.78 is 5.58. The number of fused-ring (bicyclic) bond motifs is 1. The highest BCUT2D eigenvalue weighted by Gasteiger charge is 2.12. The van der Waals surface area contributed by atoms with Gasteiger partial charge in [0.25, 0.3) is 5.91 Å². The summed E-state index contributed by atoms with van der Waals surface area (Å²) in [5.41, 5.74) is 2.74. The second kappa shape index (κ2) is 10.1. The Kier molecular flexibility index (Phi) is 6.83. The normalized spacial score (nSPS) is 10.8. The lowest BCUT2D eigenvalue weighted by Crippen LogP contribution is -2.32. The van der Waals surface area contributed by atoms with Gasteiger partial charge in [-0.15, -0.1) is 0 Å². The summed E-state index contributed by atoms with van der Waals surface area (Å²) in [5, 5.41) is 9.93. The van der Waals surface area contributed by atoms with E-state index in [1.54, 1.807) is 60.7 Å². The van der Waals surface area contributed by atoms with E-state index in [0.717, 1.165) is 10.9 Å². The van der Waals surface area contributed by atoms with Crippen LogP contribution in [0.2, 0.25) is 5.02 Å². The summed E-state index contributed by atoms with van der Waals surface area (Å²) >= 11 is 11.0. The van der Waals surface area contributed by atoms with Gasteiger partial charge in [0.15, 0.2) is 10.9 Å². The molecule has 8 heteroatoms. The Bertz CT molecular complexity index is 1310. The number of halogens is 1. The SMILES string of the molecule is O=C(/C=C/c1ccc(Cl)cc1)NC(=S)Nc1ccc(NC(=O)c2cc3ccccc3o2)cc1. The molecule has 164 valence electrons. The maximum absolute atomic E-state index is 12.4. The van der Waals surface area contributed by atoms with Crippen LogP contribution in [0.4, 0.5) is 11.4 Å². The quantitative estimate of drug-likeness (QED) is 0.248. The molecule has 0 saturated carbocycles. The molecule has 0 aliphatic heterocycles. The van der Waals surface area contributed by atoms with Crippen molar-refractivity contribution < 1.29 is 14.0 Å². The summed E-state index contributed by atoms with van der Waals surface area (Å²) in [6.45, 7) is 0. The molecule has 0 bridgehead atoms. The minimum absolute atomic E-state index is 0.153. The van der Waals surface area contributed by atoms with Gasteiger partial charge in [-0.1, -0.05) is 41.9 Å². The highest BCUT2D eigenvalue weighted by Crippen LogP contribution is 2.20. The summed E-state index contributed by atoms with van der Waals surface area (Å²) in [6.07, 6.45) is 3.04. The van der Waals surface area contributed by atoms with E-state index >= 15 is 0 Å². The standard InChI is InChI=1S/C25H18ClN3O3S/c26-18-8-5-16(6-9-18)7-14-23(30)29-25(33)28-20-12-10-19(11-13-20)27-24(31)22-15-17-3-1-2-4-21(17)32-22/h1-15H,(H,27,31)(H2,28,29,30,33)/b14-7+. The van der Waals surface area contributed by atoms with Crippen molar-refractivity contribution in [3.8, 4) is 0 Å². The number of rotatable bonds is 5. The molecule has 0 spiro atoms. The van der Waals surface area contributed by atoms with Crippen LogP contribution in [0.25, 0.3) is 17.0 Å². The molecule has 0 atom stereocenters. The van der Waals surface area contributed by atoms with Gasteiger partial charge < -0.3 is 15.1 Å². The number of nitrogens with one attached hydrogen (secondary N) is 3. The molecule has 2 amide bonds. The maximum Gasteiger partial charge on any atom is 0.291 e. The van der Waals surface area contributed by atoms with E-state index in [9.17, 15) is 9.59 Å². The van der Waals surface area contributed by atoms with E-state index in [2.05, 4.69) is 16.0 Å². The second-order valence-electron chi connectivity index (χ2n) is 7.01. The predicted octanol–water partition coefficient (Wildman–Crippen LogP) is 5.86. The van der Waals surface area contributed by atoms with E-state index in [-0.39, 0.29) is 22.7 Å². The van der Waals surface area contributed by atoms with Crippen LogP contribution in [0.3, 0.4) is 0 Å². The summed E-state index contributed by atoms with van der Waals surface area (Å²) in [5.74, 6) is -0.478. The third-order valence-corrected chi connectivity index (χ3v) is 5.04. The number of amides is 2. The number of benzene rings is 3. The number of anilines is 2. The molecule has 1 heterocycles. The van der Waals surface area contributed by atoms with Crippen molar-refractivity contribution in [1.29, 1.82) is 0 Å². The van der Waals surface area contributed by atoms with Gasteiger partial charge in [0.05, 0.1) is 0 Å². The van der Waals surface area contributed by atoms with Gasteiger partial charge in [-0.3, -0.25) is 14.9 Å². The Morgan fingerprint density at radius 2 is 1.55 bits per heavy atom. The van der Waals surface area contributed by atoms with Gasteiger partial charge in [-0.25, -0.2) is 0 Å². The molecule has 33 heavy (non-hydrogen) atoms. The third-order valence-electron chi connectivity index (χ3n) is 4.58. The zero-order chi connectivity index (χ0) is 23.2. The van der Waals surface area contributed by atoms with Crippen molar-refractivity contribution in [3.05, 3.63) is 101 Å². The molecule has 3 aromatic carbocycles. The highest BCUT2D eigenvalue weighted by molar-refractivity contribution is 7.80. The van der Waals surface area contributed by atoms with Gasteiger partial charge in [0.2, 0.25) is 5.91 Å². The van der Waals surface area contributed by atoms with Crippen molar-refractivity contribution in [2.75, 3.05) is 10.6 Å². The number of carbonyl (C=O) groups is 2. The van der Waals surface area contributed by atoms with Crippen molar-refractivity contribution in [2.24, 2.45) is 0 Å². The molecule has 3 N–H and O–H groups in total. The second-order valence-corrected chi connectivity index (χ2v) is 7.85. The molecule has 0 unspecified atom stereocenters. The monoisotopic (exact) mass is 475 g/mol. The topological polar surface area (TPSA) is 83.4 Å². The van der Waals surface area contributed by atoms with E-state index in [4.69, 9.17) is 28.2 Å². The van der Waals surface area contributed by atoms with Crippen LogP contribution in [-0.2, 0) is 4.79 Å². The molecule has 0 radical (unpaired) electrons. The number of thiocarbonyl (C=S) groups is 1. The van der Waals surface area contributed by atoms with Gasteiger partial charge in [-0.2, -0.15) is 0 Å². The van der Waals surface area contributed by atoms with Crippen LogP contribution in [0.5, 0.6) is 0 Å². The number of hydrogen-bond donors (Lipinski definition) is 3. The van der Waals surface area contributed by atoms with Gasteiger partial charge >= 0.3 is 0 Å². The third kappa shape index (κ3) is 6.06. The van der Waals surface area contributed by atoms with E-state index in [0.29, 0.717) is 22.0 Å². The molecule has 6 nitrogen and oxygen atoms in total. The number of carbonyl (C=O) groups excluding carboxylic acids is 2. The van der Waals surface area contributed by atoms with Crippen LogP contribution in [0.15, 0.2) is 89.4 Å². The maximum atomic E-state index is 12.4. The Labute approximate surface area is 200 Å². The van der Waals surface area contributed by atoms with Crippen LogP contribution < -0.4 is 16.0 Å². The molecule has 4 aromatic rings. The fraction of sp³-hybridized carbons (Fsp3) is 0. The summed E-state index contributed by atoms with van der Waals surface area (Å²) in [4.78, 5) is 24.5. The smallest absolute Gasteiger partial charge is 0.291 e. The lowest BCUT2D eigenvalue weighted by Gasteiger charge is -2.09. The lowest BCUT2D eigenvalue weighted by molar-refractivity contribution is -0.115. The molecule has 4 rings (SSSR count). The summed E-state index contributed by atoms with van der Waals surface area (Å²) in [6, 6.07) is 23.1. The van der Waals surface area contributed by atoms with Crippen molar-refractivity contribution in [1.82, 2.24) is 5.32 Å². The first-order valence-electron chi connectivity index (χ1n) is 9.92. The zero-order valence-corrected chi connectivity index (χ0v) is 18.7. The fourth-order valence-corrected chi connectivity index (χ4v) is 3.33. The predicted molar refractivity (Wildman–Crippen MR) is 135 cm³/mol. The Balaban J connectivity index is 1.29. The van der Waals surface area contributed by atoms with Gasteiger partial charge in [0, 0.05) is 27.9 Å². The minimum atomic E-state index is -0.364. The first kappa shape index (κ1) is 22.3. The highest BCUT2D eigenvalue weighted by atomic mass is 35.5. The van der Waals surface area contributed by atoms with E-state index in [1.807, 2.05) is 24.3 Å². The van der Waals surface area contributed by atoms with Crippen molar-refractivity contribution >= 4 is 69.2 Å². The number of furan rings is 1. The minimum Gasteiger partial charge on any atom is -0.451 e. The average molecular weight is 476 g/mol. The zero-order valence-electron chi connectivity index (χ0n) is 17.2. The first-order valence-corrected chi connectivity index (χ1v) is 10.7. The molecular formula is C25H18ClN3O3S. The molecule has 0 fully saturated rings. The molecular weight excluding hydrogens is 458 g/mol. The van der Waals surface area contributed by atoms with Gasteiger partial charge in [-0.05, 0) is 72.4 Å². The van der Waals surface area contributed by atoms with Crippen LogP contribution in [0.1, 0.15) is 16.1 Å². The van der Waals surface area contributed by atoms with Crippen LogP contribution in [-0.4, -0.2) is 16.9 Å². The average Bonchev–Trinajstić information content (AvgIpc) is 3.24. The van der Waals surface area contributed by atoms with Crippen molar-refractivity contribution in [2.45, 2.75) is 0 Å². The molecule has 0 saturated heterocycles. The Morgan fingerprint density at radius 3 is 2.24 bits per heavy atom. The molecule has 0 aliphatic carbocycles. The van der Waals surface area contributed by atoms with Gasteiger partial charge in [0.1, 0.15) is 5.58 Å². The van der Waals surface area contributed by atoms with Crippen LogP contribution >= 0.6 is 23.8 Å². The largest absolute Gasteiger partial charge is 0.451 e. The Hall–Kier alpha value is -3.94. The number of hydrogen-bond acceptors (Lipinski definition) is 4. The fourth-order valence-electron chi connectivity index (χ4n) is 2.99. The first-order chi connectivity index (χ1) is 16.0. The molecule has 0 aliphatic rings. The van der Waals surface area contributed by atoms with E-state index in [1.165, 1.54) is 6.08 Å². The lowest BCUT2D eigenvalue weighted by atomic mass is 10.2. The van der Waals surface area contributed by atoms with Crippen LogP contribution in [0, 0.1) is 0 Å². The Morgan fingerprint density at radius 1 is 0.879 bits per heavy atom. The molecule has 1 aromatic heterocycles. The number of para-hydroxylation sites is 1. The van der Waals surface area contributed by atoms with Crippen molar-refractivity contribution in [3.63, 3.8) is 0 Å². The summed E-state index contributed by atoms with van der Waals surface area (Å²) in [7, 11) is 0. The van der Waals surface area contributed by atoms with E-state index < -0.39 is 0 Å².